The summed E-state index contributed by atoms with van der Waals surface area (Å²) in [6.07, 6.45) is 3.06. The van der Waals surface area contributed by atoms with Gasteiger partial charge in [0.1, 0.15) is 5.69 Å². The first-order chi connectivity index (χ1) is 14.9. The van der Waals surface area contributed by atoms with E-state index >= 15 is 0 Å². The molecule has 2 aliphatic rings. The van der Waals surface area contributed by atoms with Gasteiger partial charge in [0.2, 0.25) is 5.88 Å². The fourth-order valence-corrected chi connectivity index (χ4v) is 5.19. The molecule has 1 fully saturated rings. The molecule has 4 rings (SSSR count). The van der Waals surface area contributed by atoms with E-state index in [1.807, 2.05) is 18.2 Å². The van der Waals surface area contributed by atoms with Crippen LogP contribution in [0.4, 0.5) is 10.1 Å². The van der Waals surface area contributed by atoms with Crippen molar-refractivity contribution in [2.75, 3.05) is 38.8 Å². The van der Waals surface area contributed by atoms with Crippen molar-refractivity contribution in [3.05, 3.63) is 47.2 Å². The number of hydrogen-bond acceptors (Lipinski definition) is 6. The Morgan fingerprint density at radius 3 is 2.58 bits per heavy atom. The molecular formula is C22H28FN3O4S. The molecule has 1 aliphatic carbocycles. The van der Waals surface area contributed by atoms with Gasteiger partial charge in [0.05, 0.1) is 18.1 Å². The van der Waals surface area contributed by atoms with Gasteiger partial charge >= 0.3 is 0 Å². The molecule has 0 radical (unpaired) electrons. The minimum absolute atomic E-state index is 0.0481. The van der Waals surface area contributed by atoms with E-state index in [1.165, 1.54) is 7.11 Å². The highest BCUT2D eigenvalue weighted by Gasteiger charge is 2.31. The van der Waals surface area contributed by atoms with Crippen LogP contribution in [0.3, 0.4) is 0 Å². The monoisotopic (exact) mass is 449 g/mol. The van der Waals surface area contributed by atoms with Gasteiger partial charge in [-0.25, -0.2) is 17.8 Å². The van der Waals surface area contributed by atoms with Crippen molar-refractivity contribution in [2.45, 2.75) is 42.6 Å². The molecule has 0 atom stereocenters. The smallest absolute Gasteiger partial charge is 0.262 e. The van der Waals surface area contributed by atoms with Gasteiger partial charge in [-0.05, 0) is 61.6 Å². The number of benzene rings is 1. The fraction of sp³-hybridized carbons (Fsp3) is 0.500. The van der Waals surface area contributed by atoms with E-state index in [4.69, 9.17) is 9.47 Å². The molecule has 1 aromatic carbocycles. The van der Waals surface area contributed by atoms with Crippen molar-refractivity contribution in [1.82, 2.24) is 9.88 Å². The van der Waals surface area contributed by atoms with E-state index in [9.17, 15) is 12.8 Å². The first-order valence-corrected chi connectivity index (χ1v) is 11.9. The van der Waals surface area contributed by atoms with E-state index in [2.05, 4.69) is 21.7 Å². The lowest BCUT2D eigenvalue weighted by Crippen LogP contribution is -2.29. The molecule has 1 aromatic heterocycles. The van der Waals surface area contributed by atoms with Gasteiger partial charge in [0.25, 0.3) is 10.0 Å². The van der Waals surface area contributed by atoms with Crippen molar-refractivity contribution in [3.8, 4) is 5.88 Å². The van der Waals surface area contributed by atoms with Gasteiger partial charge in [-0.15, -0.1) is 0 Å². The van der Waals surface area contributed by atoms with E-state index in [0.717, 1.165) is 55.6 Å². The Kier molecular flexibility index (Phi) is 6.45. The largest absolute Gasteiger partial charge is 0.479 e. The molecule has 0 unspecified atom stereocenters. The molecule has 7 nitrogen and oxygen atoms in total. The first kappa shape index (κ1) is 22.0. The number of hydrogen-bond donors (Lipinski definition) is 1. The zero-order chi connectivity index (χ0) is 22.0. The number of aromatic nitrogens is 1. The van der Waals surface area contributed by atoms with E-state index < -0.39 is 16.9 Å². The molecule has 1 saturated carbocycles. The normalized spacial score (nSPS) is 21.6. The molecule has 2 aromatic rings. The maximum atomic E-state index is 13.0. The first-order valence-electron chi connectivity index (χ1n) is 10.4. The summed E-state index contributed by atoms with van der Waals surface area (Å²) in [4.78, 5) is 6.97. The number of sulfonamides is 1. The lowest BCUT2D eigenvalue weighted by atomic mass is 9.77. The predicted molar refractivity (Wildman–Crippen MR) is 116 cm³/mol. The van der Waals surface area contributed by atoms with Crippen LogP contribution >= 0.6 is 0 Å². The second kappa shape index (κ2) is 9.10. The molecule has 0 saturated heterocycles. The van der Waals surface area contributed by atoms with Crippen LogP contribution < -0.4 is 9.46 Å². The summed E-state index contributed by atoms with van der Waals surface area (Å²) < 4.78 is 51.2. The minimum atomic E-state index is -3.80. The Hall–Kier alpha value is -2.23. The van der Waals surface area contributed by atoms with Crippen molar-refractivity contribution in [2.24, 2.45) is 0 Å². The van der Waals surface area contributed by atoms with Gasteiger partial charge in [0, 0.05) is 25.2 Å². The van der Waals surface area contributed by atoms with Crippen molar-refractivity contribution >= 4 is 15.7 Å². The molecule has 0 spiro atoms. The van der Waals surface area contributed by atoms with E-state index in [0.29, 0.717) is 5.69 Å². The summed E-state index contributed by atoms with van der Waals surface area (Å²) in [5.41, 5.74) is 3.36. The van der Waals surface area contributed by atoms with Crippen LogP contribution in [0, 0.1) is 0 Å². The molecule has 0 amide bonds. The average Bonchev–Trinajstić information content (AvgIpc) is 2.91. The highest BCUT2D eigenvalue weighted by molar-refractivity contribution is 7.92. The Bertz CT molecular complexity index is 1020. The van der Waals surface area contributed by atoms with Crippen LogP contribution in [0.1, 0.15) is 35.6 Å². The van der Waals surface area contributed by atoms with E-state index in [1.54, 1.807) is 12.1 Å². The standard InChI is InChI=1S/C22H28FN3O4S/c1-26-9-7-16-13-21(22(29-2)24-20(16)8-10-26)25-31(27,28)19-5-3-15(4-6-19)17-11-18(12-17)30-14-23/h3-6,13,17-18,25H,7-12,14H2,1-2H3. The SMILES string of the molecule is COc1nc2c(cc1NS(=O)(=O)c1ccc(C3CC(OCF)C3)cc1)CCN(C)CC2. The predicted octanol–water partition coefficient (Wildman–Crippen LogP) is 3.11. The van der Waals surface area contributed by atoms with Crippen LogP contribution in [0.15, 0.2) is 35.2 Å². The molecule has 9 heteroatoms. The molecule has 0 bridgehead atoms. The summed E-state index contributed by atoms with van der Waals surface area (Å²) in [6.45, 7) is 1.03. The highest BCUT2D eigenvalue weighted by Crippen LogP contribution is 2.39. The van der Waals surface area contributed by atoms with Gasteiger partial charge in [-0.1, -0.05) is 12.1 Å². The molecule has 31 heavy (non-hydrogen) atoms. The third-order valence-electron chi connectivity index (χ3n) is 6.14. The summed E-state index contributed by atoms with van der Waals surface area (Å²) in [6, 6.07) is 8.66. The van der Waals surface area contributed by atoms with Crippen LogP contribution in [0.25, 0.3) is 0 Å². The summed E-state index contributed by atoms with van der Waals surface area (Å²) in [5.74, 6) is 0.546. The quantitative estimate of drug-likeness (QED) is 0.700. The van der Waals surface area contributed by atoms with Crippen LogP contribution in [-0.2, 0) is 27.6 Å². The second-order valence-electron chi connectivity index (χ2n) is 8.19. The number of nitrogens with one attached hydrogen (secondary N) is 1. The maximum Gasteiger partial charge on any atom is 0.262 e. The number of rotatable bonds is 7. The molecule has 168 valence electrons. The van der Waals surface area contributed by atoms with Gasteiger partial charge < -0.3 is 14.4 Å². The minimum Gasteiger partial charge on any atom is -0.479 e. The Morgan fingerprint density at radius 2 is 1.90 bits per heavy atom. The van der Waals surface area contributed by atoms with Gasteiger partial charge in [-0.2, -0.15) is 0 Å². The van der Waals surface area contributed by atoms with E-state index in [-0.39, 0.29) is 22.8 Å². The summed E-state index contributed by atoms with van der Waals surface area (Å²) in [7, 11) is -0.245. The Morgan fingerprint density at radius 1 is 1.19 bits per heavy atom. The third-order valence-corrected chi connectivity index (χ3v) is 7.52. The Labute approximate surface area is 182 Å². The van der Waals surface area contributed by atoms with Gasteiger partial charge in [-0.3, -0.25) is 4.72 Å². The second-order valence-corrected chi connectivity index (χ2v) is 9.88. The number of ether oxygens (including phenoxy) is 2. The average molecular weight is 450 g/mol. The molecular weight excluding hydrogens is 421 g/mol. The number of likely N-dealkylation sites (N-methyl/N-ethyl adjacent to an activating group) is 1. The van der Waals surface area contributed by atoms with Crippen LogP contribution in [0.5, 0.6) is 5.88 Å². The summed E-state index contributed by atoms with van der Waals surface area (Å²) in [5, 5.41) is 0. The highest BCUT2D eigenvalue weighted by atomic mass is 32.2. The number of anilines is 1. The van der Waals surface area contributed by atoms with Crippen molar-refractivity contribution < 1.29 is 22.3 Å². The number of alkyl halides is 1. The number of pyridine rings is 1. The van der Waals surface area contributed by atoms with Crippen LogP contribution in [-0.4, -0.2) is 58.5 Å². The van der Waals surface area contributed by atoms with Crippen molar-refractivity contribution in [3.63, 3.8) is 0 Å². The molecule has 1 aliphatic heterocycles. The van der Waals surface area contributed by atoms with Crippen molar-refractivity contribution in [1.29, 1.82) is 0 Å². The molecule has 2 heterocycles. The zero-order valence-corrected chi connectivity index (χ0v) is 18.6. The summed E-state index contributed by atoms with van der Waals surface area (Å²) >= 11 is 0. The van der Waals surface area contributed by atoms with Crippen LogP contribution in [0.2, 0.25) is 0 Å². The topological polar surface area (TPSA) is 80.8 Å². The lowest BCUT2D eigenvalue weighted by molar-refractivity contribution is -0.0520. The van der Waals surface area contributed by atoms with Gasteiger partial charge in [0.15, 0.2) is 6.86 Å². The fourth-order valence-electron chi connectivity index (χ4n) is 4.14. The number of halogens is 1. The number of fused-ring (bicyclic) bond motifs is 1. The molecule has 1 N–H and O–H groups in total. The number of methoxy groups -OCH3 is 1. The lowest BCUT2D eigenvalue weighted by Gasteiger charge is -2.34. The Balaban J connectivity index is 1.51. The maximum absolute atomic E-state index is 13.0. The zero-order valence-electron chi connectivity index (χ0n) is 17.8. The third kappa shape index (κ3) is 4.83. The number of nitrogens with zero attached hydrogens (tertiary/aromatic N) is 2.